The van der Waals surface area contributed by atoms with E-state index in [1.165, 1.54) is 7.11 Å². The van der Waals surface area contributed by atoms with E-state index in [0.717, 1.165) is 31.6 Å². The summed E-state index contributed by atoms with van der Waals surface area (Å²) in [5.74, 6) is -0.666. The third-order valence-electron chi connectivity index (χ3n) is 3.18. The van der Waals surface area contributed by atoms with E-state index < -0.39 is 5.97 Å². The van der Waals surface area contributed by atoms with Gasteiger partial charge in [0.25, 0.3) is 0 Å². The third kappa shape index (κ3) is 2.70. The Hall–Kier alpha value is -1.84. The molecule has 0 amide bonds. The van der Waals surface area contributed by atoms with Gasteiger partial charge < -0.3 is 9.64 Å². The number of anilines is 1. The second kappa shape index (κ2) is 5.67. The fraction of sp³-hybridized carbons (Fsp3) is 0.429. The van der Waals surface area contributed by atoms with Crippen LogP contribution in [0.3, 0.4) is 0 Å². The molecule has 4 heteroatoms. The number of Topliss-reactive ketones (excluding diaryl/α,β-unsaturated/α-hetero) is 1. The highest BCUT2D eigenvalue weighted by Gasteiger charge is 2.20. The fourth-order valence-electron chi connectivity index (χ4n) is 2.24. The molecule has 1 aliphatic heterocycles. The van der Waals surface area contributed by atoms with Crippen LogP contribution in [-0.4, -0.2) is 32.0 Å². The second-order valence-electron chi connectivity index (χ2n) is 4.39. The van der Waals surface area contributed by atoms with Gasteiger partial charge in [-0.25, -0.2) is 0 Å². The van der Waals surface area contributed by atoms with Gasteiger partial charge in [0.05, 0.1) is 7.11 Å². The van der Waals surface area contributed by atoms with E-state index in [2.05, 4.69) is 9.64 Å². The maximum absolute atomic E-state index is 12.1. The normalized spacial score (nSPS) is 14.6. The summed E-state index contributed by atoms with van der Waals surface area (Å²) >= 11 is 0. The quantitative estimate of drug-likeness (QED) is 0.464. The van der Waals surface area contributed by atoms with E-state index in [9.17, 15) is 9.59 Å². The number of para-hydroxylation sites is 1. The van der Waals surface area contributed by atoms with Crippen molar-refractivity contribution in [3.8, 4) is 0 Å². The molecule has 2 rings (SSSR count). The van der Waals surface area contributed by atoms with Gasteiger partial charge in [-0.1, -0.05) is 12.1 Å². The first-order valence-electron chi connectivity index (χ1n) is 6.16. The molecule has 0 spiro atoms. The van der Waals surface area contributed by atoms with Crippen molar-refractivity contribution in [2.75, 3.05) is 25.1 Å². The highest BCUT2D eigenvalue weighted by atomic mass is 16.5. The largest absolute Gasteiger partial charge is 0.469 e. The topological polar surface area (TPSA) is 46.6 Å². The highest BCUT2D eigenvalue weighted by molar-refractivity contribution is 6.09. The van der Waals surface area contributed by atoms with Gasteiger partial charge >= 0.3 is 5.97 Å². The molecule has 0 unspecified atom stereocenters. The average Bonchev–Trinajstić information content (AvgIpc) is 2.92. The number of carbonyl (C=O) groups excluding carboxylic acids is 2. The molecule has 0 radical (unpaired) electrons. The number of esters is 1. The lowest BCUT2D eigenvalue weighted by Gasteiger charge is -2.20. The molecule has 0 saturated carbocycles. The highest BCUT2D eigenvalue weighted by Crippen LogP contribution is 2.25. The maximum Gasteiger partial charge on any atom is 0.313 e. The molecule has 0 bridgehead atoms. The number of benzene rings is 1. The summed E-state index contributed by atoms with van der Waals surface area (Å²) in [5.41, 5.74) is 1.55. The number of ether oxygens (including phenoxy) is 1. The number of methoxy groups -OCH3 is 1. The van der Waals surface area contributed by atoms with Gasteiger partial charge in [0.15, 0.2) is 5.78 Å². The zero-order valence-corrected chi connectivity index (χ0v) is 10.5. The molecule has 4 nitrogen and oxygen atoms in total. The maximum atomic E-state index is 12.1. The summed E-state index contributed by atoms with van der Waals surface area (Å²) in [6.45, 7) is 1.95. The lowest BCUT2D eigenvalue weighted by atomic mass is 10.1. The first-order valence-corrected chi connectivity index (χ1v) is 6.16. The zero-order chi connectivity index (χ0) is 13.0. The molecule has 1 saturated heterocycles. The molecule has 1 heterocycles. The van der Waals surface area contributed by atoms with Crippen LogP contribution in [0.4, 0.5) is 5.69 Å². The standard InChI is InChI=1S/C14H17NO3/c1-18-14(17)10-13(16)11-6-2-3-7-12(11)15-8-4-5-9-15/h2-3,6-7H,4-5,8-10H2,1H3. The number of nitrogens with zero attached hydrogens (tertiary/aromatic N) is 1. The van der Waals surface area contributed by atoms with Gasteiger partial charge in [0.1, 0.15) is 6.42 Å². The van der Waals surface area contributed by atoms with Crippen LogP contribution in [0.5, 0.6) is 0 Å². The molecule has 0 N–H and O–H groups in total. The van der Waals surface area contributed by atoms with Gasteiger partial charge in [-0.3, -0.25) is 9.59 Å². The number of ketones is 1. The smallest absolute Gasteiger partial charge is 0.313 e. The molecular weight excluding hydrogens is 230 g/mol. The van der Waals surface area contributed by atoms with E-state index in [4.69, 9.17) is 0 Å². The fourth-order valence-corrected chi connectivity index (χ4v) is 2.24. The molecular formula is C14H17NO3. The van der Waals surface area contributed by atoms with Crippen molar-refractivity contribution in [3.63, 3.8) is 0 Å². The minimum atomic E-state index is -0.490. The van der Waals surface area contributed by atoms with Crippen LogP contribution in [0.2, 0.25) is 0 Å². The Morgan fingerprint density at radius 2 is 1.89 bits per heavy atom. The Labute approximate surface area is 107 Å². The van der Waals surface area contributed by atoms with Gasteiger partial charge in [0.2, 0.25) is 0 Å². The van der Waals surface area contributed by atoms with E-state index in [1.807, 2.05) is 18.2 Å². The van der Waals surface area contributed by atoms with Crippen molar-refractivity contribution < 1.29 is 14.3 Å². The van der Waals surface area contributed by atoms with Crippen molar-refractivity contribution in [2.24, 2.45) is 0 Å². The van der Waals surface area contributed by atoms with E-state index in [0.29, 0.717) is 5.56 Å². The van der Waals surface area contributed by atoms with Crippen molar-refractivity contribution in [1.82, 2.24) is 0 Å². The molecule has 1 aliphatic rings. The molecule has 0 aliphatic carbocycles. The first kappa shape index (κ1) is 12.6. The summed E-state index contributed by atoms with van der Waals surface area (Å²) in [6.07, 6.45) is 2.11. The van der Waals surface area contributed by atoms with Gasteiger partial charge in [0, 0.05) is 24.3 Å². The SMILES string of the molecule is COC(=O)CC(=O)c1ccccc1N1CCCC1. The summed E-state index contributed by atoms with van der Waals surface area (Å²) in [5, 5.41) is 0. The monoisotopic (exact) mass is 247 g/mol. The van der Waals surface area contributed by atoms with Gasteiger partial charge in [-0.2, -0.15) is 0 Å². The van der Waals surface area contributed by atoms with Crippen LogP contribution in [0.25, 0.3) is 0 Å². The van der Waals surface area contributed by atoms with E-state index >= 15 is 0 Å². The molecule has 0 atom stereocenters. The summed E-state index contributed by atoms with van der Waals surface area (Å²) in [7, 11) is 1.29. The Morgan fingerprint density at radius 3 is 2.56 bits per heavy atom. The summed E-state index contributed by atoms with van der Waals surface area (Å²) < 4.78 is 4.53. The Balaban J connectivity index is 2.21. The minimum absolute atomic E-state index is 0.177. The first-order chi connectivity index (χ1) is 8.72. The Morgan fingerprint density at radius 1 is 1.22 bits per heavy atom. The second-order valence-corrected chi connectivity index (χ2v) is 4.39. The molecule has 1 aromatic carbocycles. The summed E-state index contributed by atoms with van der Waals surface area (Å²) in [6, 6.07) is 7.46. The van der Waals surface area contributed by atoms with Crippen molar-refractivity contribution in [1.29, 1.82) is 0 Å². The predicted octanol–water partition coefficient (Wildman–Crippen LogP) is 2.03. The van der Waals surface area contributed by atoms with E-state index in [-0.39, 0.29) is 12.2 Å². The number of rotatable bonds is 4. The van der Waals surface area contributed by atoms with E-state index in [1.54, 1.807) is 6.07 Å². The predicted molar refractivity (Wildman–Crippen MR) is 68.9 cm³/mol. The molecule has 96 valence electrons. The summed E-state index contributed by atoms with van der Waals surface area (Å²) in [4.78, 5) is 25.4. The average molecular weight is 247 g/mol. The van der Waals surface area contributed by atoms with Crippen LogP contribution in [0.15, 0.2) is 24.3 Å². The minimum Gasteiger partial charge on any atom is -0.469 e. The molecule has 1 aromatic rings. The zero-order valence-electron chi connectivity index (χ0n) is 10.5. The van der Waals surface area contributed by atoms with Crippen LogP contribution >= 0.6 is 0 Å². The van der Waals surface area contributed by atoms with Gasteiger partial charge in [-0.15, -0.1) is 0 Å². The van der Waals surface area contributed by atoms with Crippen molar-refractivity contribution in [3.05, 3.63) is 29.8 Å². The molecule has 18 heavy (non-hydrogen) atoms. The molecule has 0 aromatic heterocycles. The van der Waals surface area contributed by atoms with Crippen LogP contribution in [0.1, 0.15) is 29.6 Å². The lowest BCUT2D eigenvalue weighted by molar-refractivity contribution is -0.139. The van der Waals surface area contributed by atoms with Crippen molar-refractivity contribution in [2.45, 2.75) is 19.3 Å². The Kier molecular flexibility index (Phi) is 3.97. The van der Waals surface area contributed by atoms with Gasteiger partial charge in [-0.05, 0) is 25.0 Å². The van der Waals surface area contributed by atoms with Crippen molar-refractivity contribution >= 4 is 17.4 Å². The van der Waals surface area contributed by atoms with Crippen LogP contribution in [-0.2, 0) is 9.53 Å². The lowest BCUT2D eigenvalue weighted by Crippen LogP contribution is -2.21. The molecule has 1 fully saturated rings. The number of hydrogen-bond donors (Lipinski definition) is 0. The number of carbonyl (C=O) groups is 2. The van der Waals surface area contributed by atoms with Crippen LogP contribution < -0.4 is 4.90 Å². The third-order valence-corrected chi connectivity index (χ3v) is 3.18. The Bertz CT molecular complexity index is 450. The van der Waals surface area contributed by atoms with Crippen LogP contribution in [0, 0.1) is 0 Å². The number of hydrogen-bond acceptors (Lipinski definition) is 4.